The Morgan fingerprint density at radius 3 is 1.33 bits per heavy atom. The summed E-state index contributed by atoms with van der Waals surface area (Å²) in [6.45, 7) is 14.1. The van der Waals surface area contributed by atoms with Crippen LogP contribution in [-0.2, 0) is 16.2 Å². The number of aromatic nitrogens is 2. The first-order valence-electron chi connectivity index (χ1n) is 41.3. The van der Waals surface area contributed by atoms with E-state index in [4.69, 9.17) is 0 Å². The van der Waals surface area contributed by atoms with E-state index in [2.05, 4.69) is 404 Å². The van der Waals surface area contributed by atoms with Crippen LogP contribution in [0.5, 0.6) is 0 Å². The zero-order valence-electron chi connectivity index (χ0n) is 66.5. The Hall–Kier alpha value is -13.0. The van der Waals surface area contributed by atoms with Gasteiger partial charge in [0.15, 0.2) is 11.4 Å². The molecule has 4 aliphatic rings. The normalized spacial score (nSPS) is 15.5. The van der Waals surface area contributed by atoms with Crippen LogP contribution in [0.15, 0.2) is 346 Å². The fraction of sp³-hybridized carbons (Fsp3) is 0.0893. The summed E-state index contributed by atoms with van der Waals surface area (Å²) < 4.78 is 13.8. The van der Waals surface area contributed by atoms with Crippen LogP contribution in [0.1, 0.15) is 74.9 Å². The highest BCUT2D eigenvalue weighted by molar-refractivity contribution is 7.27. The van der Waals surface area contributed by atoms with E-state index in [1.54, 1.807) is 0 Å². The molecule has 3 nitrogen and oxygen atoms in total. The van der Waals surface area contributed by atoms with Crippen molar-refractivity contribution in [1.82, 2.24) is 13.6 Å². The lowest BCUT2D eigenvalue weighted by molar-refractivity contribution is 0.639. The molecule has 27 rings (SSSR count). The predicted octanol–water partition coefficient (Wildman–Crippen LogP) is 32.3. The van der Waals surface area contributed by atoms with E-state index in [1.807, 2.05) is 34.0 Å². The minimum absolute atomic E-state index is 0.000224. The van der Waals surface area contributed by atoms with Crippen LogP contribution in [0.3, 0.4) is 0 Å². The largest absolute Gasteiger partial charge is 0.309 e. The zero-order chi connectivity index (χ0) is 78.6. The molecule has 0 bridgehead atoms. The topological polar surface area (TPSA) is 9.86 Å². The molecule has 1 aliphatic heterocycles. The fourth-order valence-electron chi connectivity index (χ4n) is 22.0. The Bertz CT molecular complexity index is 8390. The van der Waals surface area contributed by atoms with Gasteiger partial charge >= 0.3 is 0 Å². The Labute approximate surface area is 695 Å². The summed E-state index contributed by atoms with van der Waals surface area (Å²) in [6, 6.07) is 129. The van der Waals surface area contributed by atoms with Gasteiger partial charge in [0, 0.05) is 135 Å². The summed E-state index contributed by atoms with van der Waals surface area (Å²) in [5.74, 6) is 0. The Kier molecular flexibility index (Phi) is 14.2. The number of para-hydroxylation sites is 1. The van der Waals surface area contributed by atoms with E-state index in [0.29, 0.717) is 4.48 Å². The monoisotopic (exact) mass is 1560 g/mol. The van der Waals surface area contributed by atoms with Crippen molar-refractivity contribution in [3.63, 3.8) is 0 Å². The van der Waals surface area contributed by atoms with Gasteiger partial charge in [-0.05, 0) is 160 Å². The number of quaternary nitrogens is 1. The molecule has 0 N–H and O–H groups in total. The van der Waals surface area contributed by atoms with E-state index < -0.39 is 0 Å². The maximum Gasteiger partial charge on any atom is 0.151 e. The van der Waals surface area contributed by atoms with E-state index in [9.17, 15) is 0 Å². The third kappa shape index (κ3) is 9.26. The number of hydrogen-bond donors (Lipinski definition) is 0. The van der Waals surface area contributed by atoms with Gasteiger partial charge in [-0.25, -0.2) is 4.48 Å². The predicted molar refractivity (Wildman–Crippen MR) is 511 cm³/mol. The molecule has 0 amide bonds. The SMILES string of the molecule is CC1(C)c2ccccc2-c2cc(-n3c4ccc5ccccc5c4c4ccc5c6ccccc6sc5c43)ccc21.CC1(C)c2ccccc2-c2cc(-n3c4ccccc4c4c5sc6ccccc6c5c5ccccc5c43)ccc21.CC1(C)c2ccccc2-c2cc([N+]3(C)c4cc5ccccc5cc4-c4cc5sc6ccccc6c5cc43)ccc21. The number of hydrogen-bond acceptors (Lipinski definition) is 3. The van der Waals surface area contributed by atoms with Gasteiger partial charge in [0.2, 0.25) is 0 Å². The van der Waals surface area contributed by atoms with Crippen LogP contribution in [0, 0.1) is 0 Å². The molecule has 3 aliphatic carbocycles. The van der Waals surface area contributed by atoms with Gasteiger partial charge in [0.05, 0.1) is 44.9 Å². The van der Waals surface area contributed by atoms with Crippen molar-refractivity contribution in [2.24, 2.45) is 0 Å². The molecule has 1 atom stereocenters. The molecule has 18 aromatic carbocycles. The van der Waals surface area contributed by atoms with Crippen molar-refractivity contribution in [3.05, 3.63) is 379 Å². The second kappa shape index (κ2) is 24.5. The first-order chi connectivity index (χ1) is 57.7. The lowest BCUT2D eigenvalue weighted by atomic mass is 9.82. The number of nitrogens with zero attached hydrogens (tertiary/aromatic N) is 3. The van der Waals surface area contributed by atoms with Crippen molar-refractivity contribution in [3.8, 4) is 55.9 Å². The minimum Gasteiger partial charge on any atom is -0.309 e. The molecule has 558 valence electrons. The Morgan fingerprint density at radius 2 is 0.686 bits per heavy atom. The highest BCUT2D eigenvalue weighted by atomic mass is 32.1. The van der Waals surface area contributed by atoms with Crippen molar-refractivity contribution in [2.75, 3.05) is 7.05 Å². The van der Waals surface area contributed by atoms with Gasteiger partial charge in [-0.3, -0.25) is 0 Å². The van der Waals surface area contributed by atoms with Crippen molar-refractivity contribution in [2.45, 2.75) is 57.8 Å². The lowest BCUT2D eigenvalue weighted by Gasteiger charge is -2.31. The van der Waals surface area contributed by atoms with Crippen LogP contribution in [0.2, 0.25) is 0 Å². The molecule has 118 heavy (non-hydrogen) atoms. The summed E-state index contributed by atoms with van der Waals surface area (Å²) in [7, 11) is 2.40. The lowest BCUT2D eigenvalue weighted by Crippen LogP contribution is -2.31. The van der Waals surface area contributed by atoms with E-state index in [1.165, 1.54) is 243 Å². The number of fused-ring (bicyclic) bond motifs is 35. The molecule has 6 heterocycles. The third-order valence-electron chi connectivity index (χ3n) is 27.7. The standard InChI is InChI=1S/C38H28NS.2C37H25NS/c1-38(2)32-14-8-6-12-26(32)28-20-25(16-17-33(28)38)39(3)34-19-24-11-5-4-10-23(24)18-29(34)30-22-37-31(21-35(30)39)27-13-7-9-15-36(27)40-37;1-37(2)29-16-8-5-11-23(29)28-21-22(19-20-30(28)37)38-31-17-9-6-14-26(31)34-35(38)25-13-4-3-12-24(25)33-27-15-7-10-18-32(27)39-36(33)34;1-37(2)30-13-7-5-11-25(30)29-21-23(16-19-31(29)37)38-32-20-15-22-9-3-4-10-24(22)34(32)28-18-17-27-26-12-6-8-14-33(26)39-36(27)35(28)38/h4-22H,1-3H3;2*3-21H,1-2H3/q+1;;. The summed E-state index contributed by atoms with van der Waals surface area (Å²) in [5.41, 5.74) is 30.9. The van der Waals surface area contributed by atoms with Gasteiger partial charge in [0.1, 0.15) is 5.69 Å². The number of thiophene rings is 3. The first kappa shape index (κ1) is 68.2. The van der Waals surface area contributed by atoms with Crippen LogP contribution < -0.4 is 4.48 Å². The van der Waals surface area contributed by atoms with Crippen LogP contribution in [-0.4, -0.2) is 16.2 Å². The average molecular weight is 1560 g/mol. The summed E-state index contributed by atoms with van der Waals surface area (Å²) >= 11 is 5.74. The molecule has 0 fully saturated rings. The summed E-state index contributed by atoms with van der Waals surface area (Å²) in [4.78, 5) is 0. The Balaban J connectivity index is 0.0000000986. The quantitative estimate of drug-likeness (QED) is 0.156. The minimum atomic E-state index is 0.000224. The molecular formula is C112H78N3S3+. The molecule has 5 aromatic heterocycles. The third-order valence-corrected chi connectivity index (χ3v) is 31.2. The number of benzene rings is 18. The van der Waals surface area contributed by atoms with Gasteiger partial charge in [-0.15, -0.1) is 34.0 Å². The maximum absolute atomic E-state index is 2.53. The maximum atomic E-state index is 2.53. The highest BCUT2D eigenvalue weighted by Crippen LogP contribution is 2.62. The van der Waals surface area contributed by atoms with E-state index >= 15 is 0 Å². The van der Waals surface area contributed by atoms with Crippen LogP contribution >= 0.6 is 34.0 Å². The second-order valence-electron chi connectivity index (χ2n) is 34.8. The van der Waals surface area contributed by atoms with Crippen LogP contribution in [0.4, 0.5) is 17.1 Å². The second-order valence-corrected chi connectivity index (χ2v) is 38.0. The molecule has 0 radical (unpaired) electrons. The highest BCUT2D eigenvalue weighted by Gasteiger charge is 2.46. The van der Waals surface area contributed by atoms with E-state index in [0.717, 1.165) is 0 Å². The van der Waals surface area contributed by atoms with Crippen molar-refractivity contribution < 1.29 is 0 Å². The Morgan fingerprint density at radius 1 is 0.237 bits per heavy atom. The summed E-state index contributed by atoms with van der Waals surface area (Å²) in [6.07, 6.45) is 0. The molecule has 1 unspecified atom stereocenters. The molecule has 23 aromatic rings. The average Bonchev–Trinajstić information content (AvgIpc) is 1.54. The fourth-order valence-corrected chi connectivity index (χ4v) is 25.6. The van der Waals surface area contributed by atoms with Gasteiger partial charge < -0.3 is 9.13 Å². The summed E-state index contributed by atoms with van der Waals surface area (Å²) in [5, 5.41) is 21.3. The zero-order valence-corrected chi connectivity index (χ0v) is 68.9. The van der Waals surface area contributed by atoms with Crippen LogP contribution in [0.25, 0.3) is 192 Å². The van der Waals surface area contributed by atoms with Gasteiger partial charge in [-0.1, -0.05) is 296 Å². The van der Waals surface area contributed by atoms with Crippen molar-refractivity contribution in [1.29, 1.82) is 0 Å². The molecular weight excluding hydrogens is 1480 g/mol. The number of rotatable bonds is 3. The van der Waals surface area contributed by atoms with Crippen molar-refractivity contribution >= 4 is 188 Å². The van der Waals surface area contributed by atoms with E-state index in [-0.39, 0.29) is 16.2 Å². The van der Waals surface area contributed by atoms with Gasteiger partial charge in [-0.2, -0.15) is 0 Å². The first-order valence-corrected chi connectivity index (χ1v) is 43.8. The van der Waals surface area contributed by atoms with Gasteiger partial charge in [0.25, 0.3) is 0 Å². The molecule has 0 saturated heterocycles. The molecule has 0 spiro atoms. The smallest absolute Gasteiger partial charge is 0.151 e. The molecule has 0 saturated carbocycles. The molecule has 6 heteroatoms.